The zero-order valence-corrected chi connectivity index (χ0v) is 10.7. The highest BCUT2D eigenvalue weighted by Crippen LogP contribution is 2.25. The minimum absolute atomic E-state index is 0.0565. The van der Waals surface area contributed by atoms with Gasteiger partial charge < -0.3 is 0 Å². The second-order valence-electron chi connectivity index (χ2n) is 4.02. The molecule has 0 atom stereocenters. The molecule has 0 aliphatic carbocycles. The van der Waals surface area contributed by atoms with Crippen molar-refractivity contribution >= 4 is 11.8 Å². The Balaban J connectivity index is 2.29. The molecule has 3 rings (SSSR count). The molecule has 1 aliphatic heterocycles. The third kappa shape index (κ3) is 2.00. The molecule has 0 unspecified atom stereocenters. The summed E-state index contributed by atoms with van der Waals surface area (Å²) in [5, 5.41) is 9.87. The Bertz CT molecular complexity index is 719. The summed E-state index contributed by atoms with van der Waals surface area (Å²) in [4.78, 5) is 24.5. The lowest BCUT2D eigenvalue weighted by molar-refractivity contribution is 0.562. The third-order valence-electron chi connectivity index (χ3n) is 2.84. The highest BCUT2D eigenvalue weighted by Gasteiger charge is 2.20. The van der Waals surface area contributed by atoms with Crippen LogP contribution in [0.2, 0.25) is 0 Å². The van der Waals surface area contributed by atoms with E-state index in [1.807, 2.05) is 6.07 Å². The third-order valence-corrected chi connectivity index (χ3v) is 3.90. The van der Waals surface area contributed by atoms with E-state index in [2.05, 4.69) is 15.0 Å². The summed E-state index contributed by atoms with van der Waals surface area (Å²) < 4.78 is 1.57. The predicted octanol–water partition coefficient (Wildman–Crippen LogP) is 1.07. The Hall–Kier alpha value is -2.20. The molecule has 2 aromatic rings. The van der Waals surface area contributed by atoms with Crippen LogP contribution in [0.5, 0.6) is 0 Å². The summed E-state index contributed by atoms with van der Waals surface area (Å²) in [6.07, 6.45) is 5.42. The van der Waals surface area contributed by atoms with Crippen molar-refractivity contribution in [2.24, 2.45) is 0 Å². The molecule has 6 nitrogen and oxygen atoms in total. The van der Waals surface area contributed by atoms with Crippen molar-refractivity contribution in [1.82, 2.24) is 19.5 Å². The summed E-state index contributed by atoms with van der Waals surface area (Å²) in [6.45, 7) is 0.619. The lowest BCUT2D eigenvalue weighted by Gasteiger charge is -2.17. The zero-order valence-electron chi connectivity index (χ0n) is 9.91. The first kappa shape index (κ1) is 11.9. The van der Waals surface area contributed by atoms with E-state index in [1.54, 1.807) is 17.0 Å². The Morgan fingerprint density at radius 3 is 2.89 bits per heavy atom. The van der Waals surface area contributed by atoms with Gasteiger partial charge in [0.25, 0.3) is 5.56 Å². The average Bonchev–Trinajstić information content (AvgIpc) is 2.48. The van der Waals surface area contributed by atoms with Gasteiger partial charge in [0, 0.05) is 30.3 Å². The molecule has 0 saturated carbocycles. The van der Waals surface area contributed by atoms with E-state index in [-0.39, 0.29) is 11.1 Å². The number of rotatable bonds is 1. The zero-order chi connectivity index (χ0) is 13.2. The van der Waals surface area contributed by atoms with Crippen molar-refractivity contribution in [2.45, 2.75) is 18.1 Å². The summed E-state index contributed by atoms with van der Waals surface area (Å²) in [7, 11) is 0. The summed E-state index contributed by atoms with van der Waals surface area (Å²) in [5.41, 5.74) is 0.735. The van der Waals surface area contributed by atoms with Gasteiger partial charge in [-0.3, -0.25) is 9.36 Å². The van der Waals surface area contributed by atoms with E-state index in [0.29, 0.717) is 23.0 Å². The van der Waals surface area contributed by atoms with Crippen LogP contribution in [0.4, 0.5) is 0 Å². The Morgan fingerprint density at radius 2 is 2.16 bits per heavy atom. The van der Waals surface area contributed by atoms with Crippen molar-refractivity contribution in [3.05, 3.63) is 34.6 Å². The molecule has 0 saturated heterocycles. The van der Waals surface area contributed by atoms with E-state index in [4.69, 9.17) is 0 Å². The molecule has 0 radical (unpaired) electrons. The predicted molar refractivity (Wildman–Crippen MR) is 69.6 cm³/mol. The van der Waals surface area contributed by atoms with Gasteiger partial charge in [-0.25, -0.2) is 15.0 Å². The minimum atomic E-state index is -0.279. The van der Waals surface area contributed by atoms with Crippen LogP contribution in [0.3, 0.4) is 0 Å². The van der Waals surface area contributed by atoms with Crippen LogP contribution in [0.25, 0.3) is 11.3 Å². The molecular weight excluding hydrogens is 262 g/mol. The molecule has 19 heavy (non-hydrogen) atoms. The number of aromatic nitrogens is 4. The number of hydrogen-bond acceptors (Lipinski definition) is 6. The van der Waals surface area contributed by atoms with Gasteiger partial charge in [0.1, 0.15) is 18.0 Å². The normalized spacial score (nSPS) is 13.6. The molecule has 0 aromatic carbocycles. The van der Waals surface area contributed by atoms with E-state index < -0.39 is 0 Å². The fraction of sp³-hybridized carbons (Fsp3) is 0.250. The first-order valence-electron chi connectivity index (χ1n) is 5.74. The second-order valence-corrected chi connectivity index (χ2v) is 5.08. The summed E-state index contributed by atoms with van der Waals surface area (Å²) in [6, 6.07) is 1.95. The van der Waals surface area contributed by atoms with Gasteiger partial charge in [0.05, 0.1) is 5.69 Å². The van der Waals surface area contributed by atoms with Crippen molar-refractivity contribution in [3.8, 4) is 17.3 Å². The van der Waals surface area contributed by atoms with Crippen LogP contribution >= 0.6 is 11.8 Å². The molecule has 0 fully saturated rings. The molecule has 94 valence electrons. The maximum atomic E-state index is 12.3. The number of thioether (sulfide) groups is 1. The van der Waals surface area contributed by atoms with Gasteiger partial charge >= 0.3 is 0 Å². The number of nitrogens with zero attached hydrogens (tertiary/aromatic N) is 5. The van der Waals surface area contributed by atoms with Crippen LogP contribution < -0.4 is 5.56 Å². The lowest BCUT2D eigenvalue weighted by atomic mass is 10.1. The topological polar surface area (TPSA) is 84.5 Å². The Labute approximate surface area is 113 Å². The first-order valence-corrected chi connectivity index (χ1v) is 6.73. The standard InChI is InChI=1S/C12H9N5OS/c13-4-9-10(8-5-14-7-15-6-8)16-12-17(11(9)18)2-1-3-19-12/h5-7H,1-3H2. The maximum absolute atomic E-state index is 12.3. The van der Waals surface area contributed by atoms with Crippen molar-refractivity contribution in [1.29, 1.82) is 5.26 Å². The van der Waals surface area contributed by atoms with E-state index in [1.165, 1.54) is 18.1 Å². The highest BCUT2D eigenvalue weighted by atomic mass is 32.2. The average molecular weight is 271 g/mol. The first-order chi connectivity index (χ1) is 9.31. The Kier molecular flexibility index (Phi) is 3.01. The molecule has 0 spiro atoms. The summed E-state index contributed by atoms with van der Waals surface area (Å²) >= 11 is 1.53. The molecule has 0 amide bonds. The molecule has 0 N–H and O–H groups in total. The number of nitriles is 1. The molecule has 1 aliphatic rings. The van der Waals surface area contributed by atoms with Crippen LogP contribution in [0.15, 0.2) is 28.7 Å². The van der Waals surface area contributed by atoms with Gasteiger partial charge in [0.15, 0.2) is 5.16 Å². The van der Waals surface area contributed by atoms with Gasteiger partial charge in [-0.05, 0) is 6.42 Å². The van der Waals surface area contributed by atoms with Crippen molar-refractivity contribution in [3.63, 3.8) is 0 Å². The van der Waals surface area contributed by atoms with Gasteiger partial charge in [0.2, 0.25) is 0 Å². The quantitative estimate of drug-likeness (QED) is 0.721. The fourth-order valence-electron chi connectivity index (χ4n) is 1.96. The number of fused-ring (bicyclic) bond motifs is 1. The number of hydrogen-bond donors (Lipinski definition) is 0. The molecular formula is C12H9N5OS. The van der Waals surface area contributed by atoms with Crippen LogP contribution in [-0.2, 0) is 6.54 Å². The molecule has 7 heteroatoms. The monoisotopic (exact) mass is 271 g/mol. The van der Waals surface area contributed by atoms with E-state index in [9.17, 15) is 10.1 Å². The van der Waals surface area contributed by atoms with Crippen LogP contribution in [0, 0.1) is 11.3 Å². The van der Waals surface area contributed by atoms with Crippen molar-refractivity contribution < 1.29 is 0 Å². The minimum Gasteiger partial charge on any atom is -0.286 e. The molecule has 0 bridgehead atoms. The highest BCUT2D eigenvalue weighted by molar-refractivity contribution is 7.99. The van der Waals surface area contributed by atoms with Crippen LogP contribution in [-0.4, -0.2) is 25.3 Å². The molecule has 2 aromatic heterocycles. The SMILES string of the molecule is N#Cc1c(-c2cncnc2)nc2n(c1=O)CCCS2. The van der Waals surface area contributed by atoms with E-state index >= 15 is 0 Å². The van der Waals surface area contributed by atoms with E-state index in [0.717, 1.165) is 12.2 Å². The second kappa shape index (κ2) is 4.82. The Morgan fingerprint density at radius 1 is 1.37 bits per heavy atom. The lowest BCUT2D eigenvalue weighted by Crippen LogP contribution is -2.28. The largest absolute Gasteiger partial charge is 0.286 e. The van der Waals surface area contributed by atoms with Gasteiger partial charge in [-0.15, -0.1) is 0 Å². The van der Waals surface area contributed by atoms with Crippen LogP contribution in [0.1, 0.15) is 12.0 Å². The van der Waals surface area contributed by atoms with Gasteiger partial charge in [-0.1, -0.05) is 11.8 Å². The molecule has 3 heterocycles. The van der Waals surface area contributed by atoms with Gasteiger partial charge in [-0.2, -0.15) is 5.26 Å². The van der Waals surface area contributed by atoms with Crippen molar-refractivity contribution in [2.75, 3.05) is 5.75 Å². The fourth-order valence-corrected chi connectivity index (χ4v) is 2.90. The smallest absolute Gasteiger partial charge is 0.272 e. The summed E-state index contributed by atoms with van der Waals surface area (Å²) in [5.74, 6) is 0.934. The maximum Gasteiger partial charge on any atom is 0.272 e.